The molecule has 0 amide bonds. The summed E-state index contributed by atoms with van der Waals surface area (Å²) in [7, 11) is 3.12. The molecular formula is C28H50NP. The van der Waals surface area contributed by atoms with Crippen molar-refractivity contribution < 1.29 is 0 Å². The van der Waals surface area contributed by atoms with Crippen molar-refractivity contribution in [2.24, 2.45) is 0 Å². The summed E-state index contributed by atoms with van der Waals surface area (Å²) in [5.74, 6) is 0.490. The molecule has 0 spiro atoms. The molecule has 1 heterocycles. The summed E-state index contributed by atoms with van der Waals surface area (Å²) in [6.45, 7) is 10.1. The highest BCUT2D eigenvalue weighted by atomic mass is 31.0. The Morgan fingerprint density at radius 3 is 1.87 bits per heavy atom. The van der Waals surface area contributed by atoms with E-state index in [1.54, 1.807) is 0 Å². The molecule has 2 rings (SSSR count). The van der Waals surface area contributed by atoms with Gasteiger partial charge in [-0.3, -0.25) is 4.90 Å². The minimum absolute atomic E-state index is 0.490. The topological polar surface area (TPSA) is 3.01 Å². The molecule has 1 fully saturated rings. The molecule has 1 aliphatic rings. The van der Waals surface area contributed by atoms with Crippen LogP contribution in [-0.2, 0) is 0 Å². The first kappa shape index (κ1) is 27.4. The van der Waals surface area contributed by atoms with Gasteiger partial charge in [0.05, 0.1) is 0 Å². The number of nitrogens with zero attached hydrogens (tertiary/aromatic N) is 1. The molecule has 0 aromatic heterocycles. The van der Waals surface area contributed by atoms with Crippen molar-refractivity contribution in [3.8, 4) is 0 Å². The van der Waals surface area contributed by atoms with Gasteiger partial charge in [-0.1, -0.05) is 121 Å². The number of benzene rings is 1. The molecule has 0 aliphatic carbocycles. The largest absolute Gasteiger partial charge is 0.284 e. The van der Waals surface area contributed by atoms with Gasteiger partial charge < -0.3 is 0 Å². The van der Waals surface area contributed by atoms with Crippen LogP contribution in [0.5, 0.6) is 0 Å². The van der Waals surface area contributed by atoms with Crippen LogP contribution in [0.2, 0.25) is 0 Å². The van der Waals surface area contributed by atoms with Gasteiger partial charge in [-0.05, 0) is 31.2 Å². The van der Waals surface area contributed by atoms with Crippen LogP contribution in [0.4, 0.5) is 0 Å². The van der Waals surface area contributed by atoms with E-state index in [-0.39, 0.29) is 0 Å². The van der Waals surface area contributed by atoms with E-state index in [1.165, 1.54) is 95.5 Å². The molecule has 0 N–H and O–H groups in total. The Morgan fingerprint density at radius 1 is 0.833 bits per heavy atom. The molecule has 5 atom stereocenters. The van der Waals surface area contributed by atoms with Crippen molar-refractivity contribution in [2.45, 2.75) is 129 Å². The number of unbranched alkanes of at least 4 members (excludes halogenated alkanes) is 10. The van der Waals surface area contributed by atoms with Gasteiger partial charge in [0, 0.05) is 17.9 Å². The summed E-state index contributed by atoms with van der Waals surface area (Å²) >= 11 is 0. The predicted molar refractivity (Wildman–Crippen MR) is 140 cm³/mol. The zero-order valence-corrected chi connectivity index (χ0v) is 21.5. The second kappa shape index (κ2) is 18.0. The van der Waals surface area contributed by atoms with Crippen molar-refractivity contribution in [3.05, 3.63) is 48.6 Å². The first-order valence-electron chi connectivity index (χ1n) is 13.0. The van der Waals surface area contributed by atoms with Gasteiger partial charge in [0.25, 0.3) is 0 Å². The highest BCUT2D eigenvalue weighted by molar-refractivity contribution is 7.17. The summed E-state index contributed by atoms with van der Waals surface area (Å²) in [6, 6.07) is 12.7. The van der Waals surface area contributed by atoms with Crippen LogP contribution >= 0.6 is 9.24 Å². The van der Waals surface area contributed by atoms with Gasteiger partial charge in [-0.25, -0.2) is 0 Å². The third kappa shape index (κ3) is 10.6. The second-order valence-electron chi connectivity index (χ2n) is 8.63. The third-order valence-corrected chi connectivity index (χ3v) is 7.07. The molecule has 0 bridgehead atoms. The summed E-state index contributed by atoms with van der Waals surface area (Å²) < 4.78 is 0. The van der Waals surface area contributed by atoms with E-state index in [0.717, 1.165) is 12.1 Å². The lowest BCUT2D eigenvalue weighted by atomic mass is 10.0. The maximum atomic E-state index is 3.82. The summed E-state index contributed by atoms with van der Waals surface area (Å²) in [4.78, 5) is 2.78. The SMILES string of the molecule is C=CCCCCCCCC1C(CCCCCCCC)N1C(P)c1ccccc1.CC. The van der Waals surface area contributed by atoms with Crippen molar-refractivity contribution >= 4 is 9.24 Å². The quantitative estimate of drug-likeness (QED) is 0.103. The maximum absolute atomic E-state index is 3.82. The molecule has 172 valence electrons. The fourth-order valence-corrected chi connectivity index (χ4v) is 5.24. The van der Waals surface area contributed by atoms with Crippen molar-refractivity contribution in [1.29, 1.82) is 0 Å². The lowest BCUT2D eigenvalue weighted by molar-refractivity contribution is 0.431. The Bertz CT molecular complexity index is 515. The normalized spacial score (nSPS) is 20.9. The zero-order valence-electron chi connectivity index (χ0n) is 20.3. The van der Waals surface area contributed by atoms with Crippen molar-refractivity contribution in [3.63, 3.8) is 0 Å². The number of hydrogen-bond acceptors (Lipinski definition) is 1. The zero-order chi connectivity index (χ0) is 22.0. The van der Waals surface area contributed by atoms with Crippen LogP contribution in [0.15, 0.2) is 43.0 Å². The third-order valence-electron chi connectivity index (χ3n) is 6.34. The molecule has 1 aromatic carbocycles. The molecule has 2 heteroatoms. The summed E-state index contributed by atoms with van der Waals surface area (Å²) in [5, 5.41) is 0. The van der Waals surface area contributed by atoms with Crippen LogP contribution < -0.4 is 0 Å². The van der Waals surface area contributed by atoms with E-state index in [2.05, 4.69) is 64.1 Å². The molecule has 1 aliphatic heterocycles. The number of hydrogen-bond donors (Lipinski definition) is 0. The van der Waals surface area contributed by atoms with Crippen molar-refractivity contribution in [1.82, 2.24) is 4.90 Å². The van der Waals surface area contributed by atoms with E-state index in [9.17, 15) is 0 Å². The highest BCUT2D eigenvalue weighted by Gasteiger charge is 2.48. The molecule has 5 unspecified atom stereocenters. The highest BCUT2D eigenvalue weighted by Crippen LogP contribution is 2.46. The average molecular weight is 432 g/mol. The fraction of sp³-hybridized carbons (Fsp3) is 0.714. The molecule has 1 aromatic rings. The van der Waals surface area contributed by atoms with Crippen LogP contribution in [0.3, 0.4) is 0 Å². The Morgan fingerprint density at radius 2 is 1.33 bits per heavy atom. The van der Waals surface area contributed by atoms with Crippen LogP contribution in [0.25, 0.3) is 0 Å². The van der Waals surface area contributed by atoms with E-state index < -0.39 is 0 Å². The predicted octanol–water partition coefficient (Wildman–Crippen LogP) is 9.31. The summed E-state index contributed by atoms with van der Waals surface area (Å²) in [6.07, 6.45) is 21.4. The Hall–Kier alpha value is -0.650. The van der Waals surface area contributed by atoms with Crippen LogP contribution in [0.1, 0.15) is 122 Å². The molecular weight excluding hydrogens is 381 g/mol. The van der Waals surface area contributed by atoms with Crippen LogP contribution in [-0.4, -0.2) is 17.0 Å². The van der Waals surface area contributed by atoms with E-state index in [4.69, 9.17) is 0 Å². The van der Waals surface area contributed by atoms with Gasteiger partial charge in [0.2, 0.25) is 0 Å². The van der Waals surface area contributed by atoms with E-state index in [0.29, 0.717) is 5.78 Å². The number of rotatable bonds is 17. The first-order valence-corrected chi connectivity index (χ1v) is 13.6. The number of allylic oxidation sites excluding steroid dienone is 1. The fourth-order valence-electron chi connectivity index (χ4n) is 4.58. The average Bonchev–Trinajstić information content (AvgIpc) is 3.49. The molecule has 0 saturated carbocycles. The molecule has 30 heavy (non-hydrogen) atoms. The minimum Gasteiger partial charge on any atom is -0.284 e. The Balaban J connectivity index is 0.00000218. The Kier molecular flexibility index (Phi) is 16.4. The first-order chi connectivity index (χ1) is 14.8. The van der Waals surface area contributed by atoms with Crippen LogP contribution in [0, 0.1) is 0 Å². The van der Waals surface area contributed by atoms with E-state index >= 15 is 0 Å². The lowest BCUT2D eigenvalue weighted by Crippen LogP contribution is -2.07. The van der Waals surface area contributed by atoms with Gasteiger partial charge in [-0.2, -0.15) is 0 Å². The smallest absolute Gasteiger partial charge is 0.0496 e. The van der Waals surface area contributed by atoms with E-state index in [1.807, 2.05) is 13.8 Å². The molecule has 1 nitrogen and oxygen atoms in total. The molecule has 0 radical (unpaired) electrons. The second-order valence-corrected chi connectivity index (χ2v) is 9.26. The maximum Gasteiger partial charge on any atom is 0.0496 e. The monoisotopic (exact) mass is 431 g/mol. The lowest BCUT2D eigenvalue weighted by Gasteiger charge is -2.15. The van der Waals surface area contributed by atoms with Crippen molar-refractivity contribution in [2.75, 3.05) is 0 Å². The van der Waals surface area contributed by atoms with Gasteiger partial charge in [-0.15, -0.1) is 15.8 Å². The Labute approximate surface area is 191 Å². The van der Waals surface area contributed by atoms with Gasteiger partial charge in [0.15, 0.2) is 0 Å². The molecule has 1 saturated heterocycles. The summed E-state index contributed by atoms with van der Waals surface area (Å²) in [5.41, 5.74) is 1.45. The minimum atomic E-state index is 0.490. The van der Waals surface area contributed by atoms with Gasteiger partial charge >= 0.3 is 0 Å². The van der Waals surface area contributed by atoms with Gasteiger partial charge in [0.1, 0.15) is 0 Å². The standard InChI is InChI=1S/C26H44NP.C2H6/c1-3-5-7-9-11-13-18-22-25-24(21-17-12-10-8-6-4-2)27(25)26(28)23-19-15-14-16-20-23;1-2/h3,14-16,19-20,24-26H,1,4-13,17-18,21-22,28H2,2H3;1-2H3.